The second-order valence-electron chi connectivity index (χ2n) is 4.49. The fourth-order valence-corrected chi connectivity index (χ4v) is 2.45. The van der Waals surface area contributed by atoms with Gasteiger partial charge in [-0.15, -0.1) is 0 Å². The number of ether oxygens (including phenoxy) is 1. The molecule has 0 radical (unpaired) electrons. The molecule has 3 rings (SSSR count). The smallest absolute Gasteiger partial charge is 0.0955 e. The molecule has 0 bridgehead atoms. The summed E-state index contributed by atoms with van der Waals surface area (Å²) in [5.74, 6) is 0. The summed E-state index contributed by atoms with van der Waals surface area (Å²) in [6.07, 6.45) is 1.28. The molecule has 1 N–H and O–H groups in total. The van der Waals surface area contributed by atoms with Gasteiger partial charge >= 0.3 is 0 Å². The lowest BCUT2D eigenvalue weighted by molar-refractivity contribution is 0.0679. The molecular formula is C15H17NO. The first-order valence-corrected chi connectivity index (χ1v) is 6.25. The summed E-state index contributed by atoms with van der Waals surface area (Å²) in [7, 11) is 0. The summed E-state index contributed by atoms with van der Waals surface area (Å²) in [5, 5.41) is 6.03. The SMILES string of the molecule is c1ccc2c(C3CNCCCO3)cccc2c1. The number of nitrogens with one attached hydrogen (secondary N) is 1. The summed E-state index contributed by atoms with van der Waals surface area (Å²) >= 11 is 0. The first-order valence-electron chi connectivity index (χ1n) is 6.25. The minimum Gasteiger partial charge on any atom is -0.372 e. The average molecular weight is 227 g/mol. The molecule has 0 aromatic heterocycles. The van der Waals surface area contributed by atoms with Crippen LogP contribution in [-0.4, -0.2) is 19.7 Å². The van der Waals surface area contributed by atoms with Crippen molar-refractivity contribution in [3.8, 4) is 0 Å². The molecule has 1 heterocycles. The topological polar surface area (TPSA) is 21.3 Å². The molecule has 0 aliphatic carbocycles. The van der Waals surface area contributed by atoms with Gasteiger partial charge in [0, 0.05) is 13.2 Å². The number of fused-ring (bicyclic) bond motifs is 1. The van der Waals surface area contributed by atoms with Crippen LogP contribution in [-0.2, 0) is 4.74 Å². The van der Waals surface area contributed by atoms with Crippen LogP contribution in [0.3, 0.4) is 0 Å². The maximum atomic E-state index is 5.93. The molecule has 1 aliphatic rings. The van der Waals surface area contributed by atoms with Crippen molar-refractivity contribution in [3.63, 3.8) is 0 Å². The molecule has 2 aromatic rings. The average Bonchev–Trinajstić information content (AvgIpc) is 2.67. The van der Waals surface area contributed by atoms with E-state index in [4.69, 9.17) is 4.74 Å². The monoisotopic (exact) mass is 227 g/mol. The van der Waals surface area contributed by atoms with Crippen LogP contribution in [0, 0.1) is 0 Å². The van der Waals surface area contributed by atoms with Crippen LogP contribution in [0.25, 0.3) is 10.8 Å². The van der Waals surface area contributed by atoms with Gasteiger partial charge in [-0.2, -0.15) is 0 Å². The summed E-state index contributed by atoms with van der Waals surface area (Å²) in [5.41, 5.74) is 1.30. The van der Waals surface area contributed by atoms with Gasteiger partial charge in [0.1, 0.15) is 0 Å². The van der Waals surface area contributed by atoms with E-state index >= 15 is 0 Å². The summed E-state index contributed by atoms with van der Waals surface area (Å²) in [6.45, 7) is 2.82. The fraction of sp³-hybridized carbons (Fsp3) is 0.333. The van der Waals surface area contributed by atoms with E-state index in [9.17, 15) is 0 Å². The van der Waals surface area contributed by atoms with Crippen LogP contribution in [0.2, 0.25) is 0 Å². The highest BCUT2D eigenvalue weighted by Crippen LogP contribution is 2.27. The Balaban J connectivity index is 2.03. The molecule has 2 nitrogen and oxygen atoms in total. The molecule has 2 aromatic carbocycles. The van der Waals surface area contributed by atoms with Gasteiger partial charge in [0.15, 0.2) is 0 Å². The predicted octanol–water partition coefficient (Wildman–Crippen LogP) is 2.89. The largest absolute Gasteiger partial charge is 0.372 e. The van der Waals surface area contributed by atoms with Crippen molar-refractivity contribution in [1.29, 1.82) is 0 Å². The van der Waals surface area contributed by atoms with Crippen molar-refractivity contribution < 1.29 is 4.74 Å². The normalized spacial score (nSPS) is 21.3. The van der Waals surface area contributed by atoms with E-state index in [1.54, 1.807) is 0 Å². The van der Waals surface area contributed by atoms with Crippen molar-refractivity contribution in [2.24, 2.45) is 0 Å². The van der Waals surface area contributed by atoms with Crippen molar-refractivity contribution in [3.05, 3.63) is 48.0 Å². The van der Waals surface area contributed by atoms with Gasteiger partial charge in [-0.05, 0) is 29.3 Å². The van der Waals surface area contributed by atoms with Crippen molar-refractivity contribution in [1.82, 2.24) is 5.32 Å². The number of rotatable bonds is 1. The van der Waals surface area contributed by atoms with Crippen LogP contribution in [0.5, 0.6) is 0 Å². The lowest BCUT2D eigenvalue weighted by atomic mass is 10.0. The molecule has 88 valence electrons. The molecule has 17 heavy (non-hydrogen) atoms. The second kappa shape index (κ2) is 4.86. The highest BCUT2D eigenvalue weighted by molar-refractivity contribution is 5.86. The molecule has 0 saturated carbocycles. The first kappa shape index (κ1) is 10.8. The lowest BCUT2D eigenvalue weighted by Gasteiger charge is -2.17. The van der Waals surface area contributed by atoms with Crippen molar-refractivity contribution in [2.75, 3.05) is 19.7 Å². The third-order valence-electron chi connectivity index (χ3n) is 3.32. The second-order valence-corrected chi connectivity index (χ2v) is 4.49. The Kier molecular flexibility index (Phi) is 3.08. The third kappa shape index (κ3) is 2.19. The molecular weight excluding hydrogens is 210 g/mol. The van der Waals surface area contributed by atoms with Gasteiger partial charge in [-0.3, -0.25) is 0 Å². The zero-order valence-corrected chi connectivity index (χ0v) is 9.86. The molecule has 0 amide bonds. The zero-order chi connectivity index (χ0) is 11.5. The Morgan fingerprint density at radius 1 is 1.06 bits per heavy atom. The number of benzene rings is 2. The molecule has 2 heteroatoms. The van der Waals surface area contributed by atoms with Crippen LogP contribution in [0.4, 0.5) is 0 Å². The Labute approximate surface area is 102 Å². The zero-order valence-electron chi connectivity index (χ0n) is 9.86. The van der Waals surface area contributed by atoms with Gasteiger partial charge in [0.2, 0.25) is 0 Å². The van der Waals surface area contributed by atoms with Crippen LogP contribution >= 0.6 is 0 Å². The minimum absolute atomic E-state index is 0.184. The van der Waals surface area contributed by atoms with E-state index in [1.165, 1.54) is 16.3 Å². The highest BCUT2D eigenvalue weighted by atomic mass is 16.5. The Bertz CT molecular complexity index is 496. The lowest BCUT2D eigenvalue weighted by Crippen LogP contribution is -2.20. The number of hydrogen-bond acceptors (Lipinski definition) is 2. The van der Waals surface area contributed by atoms with E-state index in [0.717, 1.165) is 26.1 Å². The summed E-state index contributed by atoms with van der Waals surface area (Å²) in [6, 6.07) is 15.0. The van der Waals surface area contributed by atoms with Crippen LogP contribution in [0.15, 0.2) is 42.5 Å². The van der Waals surface area contributed by atoms with E-state index in [0.29, 0.717) is 0 Å². The van der Waals surface area contributed by atoms with E-state index in [-0.39, 0.29) is 6.10 Å². The first-order chi connectivity index (χ1) is 8.45. The molecule has 1 saturated heterocycles. The number of hydrogen-bond donors (Lipinski definition) is 1. The fourth-order valence-electron chi connectivity index (χ4n) is 2.45. The van der Waals surface area contributed by atoms with Gasteiger partial charge in [0.25, 0.3) is 0 Å². The van der Waals surface area contributed by atoms with Gasteiger partial charge in [-0.25, -0.2) is 0 Å². The molecule has 0 spiro atoms. The van der Waals surface area contributed by atoms with Crippen molar-refractivity contribution in [2.45, 2.75) is 12.5 Å². The van der Waals surface area contributed by atoms with Crippen LogP contribution < -0.4 is 5.32 Å². The highest BCUT2D eigenvalue weighted by Gasteiger charge is 2.16. The van der Waals surface area contributed by atoms with Crippen LogP contribution in [0.1, 0.15) is 18.1 Å². The Hall–Kier alpha value is -1.38. The van der Waals surface area contributed by atoms with Gasteiger partial charge < -0.3 is 10.1 Å². The van der Waals surface area contributed by atoms with E-state index in [2.05, 4.69) is 47.8 Å². The van der Waals surface area contributed by atoms with E-state index < -0.39 is 0 Å². The van der Waals surface area contributed by atoms with Gasteiger partial charge in [0.05, 0.1) is 6.10 Å². The maximum Gasteiger partial charge on any atom is 0.0955 e. The molecule has 1 unspecified atom stereocenters. The van der Waals surface area contributed by atoms with Gasteiger partial charge in [-0.1, -0.05) is 42.5 Å². The Morgan fingerprint density at radius 3 is 2.94 bits per heavy atom. The quantitative estimate of drug-likeness (QED) is 0.808. The van der Waals surface area contributed by atoms with E-state index in [1.807, 2.05) is 0 Å². The molecule has 1 aliphatic heterocycles. The van der Waals surface area contributed by atoms with Crippen molar-refractivity contribution >= 4 is 10.8 Å². The minimum atomic E-state index is 0.184. The standard InChI is InChI=1S/C15H17NO/c1-2-7-13-12(5-1)6-3-8-14(13)15-11-16-9-4-10-17-15/h1-3,5-8,15-16H,4,9-11H2. The Morgan fingerprint density at radius 2 is 1.94 bits per heavy atom. The summed E-state index contributed by atoms with van der Waals surface area (Å²) in [4.78, 5) is 0. The maximum absolute atomic E-state index is 5.93. The predicted molar refractivity (Wildman–Crippen MR) is 70.1 cm³/mol. The molecule has 1 atom stereocenters. The summed E-state index contributed by atoms with van der Waals surface area (Å²) < 4.78 is 5.93. The third-order valence-corrected chi connectivity index (χ3v) is 3.32. The molecule has 1 fully saturated rings.